The third kappa shape index (κ3) is 3.52. The first-order chi connectivity index (χ1) is 8.73. The molecule has 1 heterocycles. The zero-order valence-electron chi connectivity index (χ0n) is 11.3. The van der Waals surface area contributed by atoms with E-state index < -0.39 is 23.8 Å². The number of nitrogens with zero attached hydrogens (tertiary/aromatic N) is 1. The van der Waals surface area contributed by atoms with Crippen molar-refractivity contribution < 1.29 is 19.2 Å². The molecule has 0 saturated carbocycles. The van der Waals surface area contributed by atoms with Gasteiger partial charge < -0.3 is 11.1 Å². The normalized spacial score (nSPS) is 20.8. The Hall–Kier alpha value is -1.92. The standard InChI is InChI=1S/C12H19N3O4/c1-6(2)10(11(13)18)14-8(16)5-15-9(17)4-7(3)12(15)19/h6-7,10H,4-5H2,1-3H3,(H2,13,18)(H,14,16). The third-order valence-electron chi connectivity index (χ3n) is 3.06. The van der Waals surface area contributed by atoms with Crippen LogP contribution in [0.15, 0.2) is 0 Å². The summed E-state index contributed by atoms with van der Waals surface area (Å²) in [5.41, 5.74) is 5.17. The van der Waals surface area contributed by atoms with Gasteiger partial charge in [-0.25, -0.2) is 0 Å². The SMILES string of the molecule is CC1CC(=O)N(CC(=O)NC(C(N)=O)C(C)C)C1=O. The van der Waals surface area contributed by atoms with E-state index in [1.165, 1.54) is 0 Å². The molecule has 7 heteroatoms. The fourth-order valence-corrected chi connectivity index (χ4v) is 1.94. The van der Waals surface area contributed by atoms with Crippen LogP contribution in [-0.4, -0.2) is 41.1 Å². The summed E-state index contributed by atoms with van der Waals surface area (Å²) in [6.45, 7) is 4.75. The number of nitrogens with two attached hydrogens (primary N) is 1. The highest BCUT2D eigenvalue weighted by atomic mass is 16.2. The predicted octanol–water partition coefficient (Wildman–Crippen LogP) is -0.992. The maximum atomic E-state index is 11.8. The van der Waals surface area contributed by atoms with E-state index in [-0.39, 0.29) is 30.7 Å². The zero-order chi connectivity index (χ0) is 14.7. The van der Waals surface area contributed by atoms with Crippen LogP contribution in [0.5, 0.6) is 0 Å². The average molecular weight is 269 g/mol. The Kier molecular flexibility index (Phi) is 4.63. The first-order valence-corrected chi connectivity index (χ1v) is 6.17. The van der Waals surface area contributed by atoms with E-state index in [1.807, 2.05) is 0 Å². The van der Waals surface area contributed by atoms with Crippen molar-refractivity contribution in [2.45, 2.75) is 33.2 Å². The van der Waals surface area contributed by atoms with Crippen LogP contribution in [0.4, 0.5) is 0 Å². The second-order valence-electron chi connectivity index (χ2n) is 5.11. The smallest absolute Gasteiger partial charge is 0.240 e. The van der Waals surface area contributed by atoms with Crippen LogP contribution in [0, 0.1) is 11.8 Å². The molecule has 106 valence electrons. The minimum absolute atomic E-state index is 0.121. The summed E-state index contributed by atoms with van der Waals surface area (Å²) in [5, 5.41) is 2.44. The van der Waals surface area contributed by atoms with Crippen LogP contribution < -0.4 is 11.1 Å². The molecule has 2 unspecified atom stereocenters. The number of hydrogen-bond acceptors (Lipinski definition) is 4. The van der Waals surface area contributed by atoms with Crippen molar-refractivity contribution in [2.24, 2.45) is 17.6 Å². The first kappa shape index (κ1) is 15.1. The molecule has 3 N–H and O–H groups in total. The van der Waals surface area contributed by atoms with Gasteiger partial charge in [0.15, 0.2) is 0 Å². The Morgan fingerprint density at radius 1 is 1.42 bits per heavy atom. The van der Waals surface area contributed by atoms with Crippen molar-refractivity contribution in [1.82, 2.24) is 10.2 Å². The summed E-state index contributed by atoms with van der Waals surface area (Å²) in [6.07, 6.45) is 0.121. The molecule has 2 atom stereocenters. The second kappa shape index (κ2) is 5.81. The Morgan fingerprint density at radius 2 is 2.00 bits per heavy atom. The Bertz CT molecular complexity index is 419. The lowest BCUT2D eigenvalue weighted by atomic mass is 10.0. The van der Waals surface area contributed by atoms with Gasteiger partial charge in [-0.05, 0) is 5.92 Å². The molecular formula is C12H19N3O4. The molecule has 1 saturated heterocycles. The van der Waals surface area contributed by atoms with Gasteiger partial charge in [0.1, 0.15) is 12.6 Å². The van der Waals surface area contributed by atoms with Crippen molar-refractivity contribution in [2.75, 3.05) is 6.54 Å². The lowest BCUT2D eigenvalue weighted by Gasteiger charge is -2.21. The number of carbonyl (C=O) groups is 4. The maximum Gasteiger partial charge on any atom is 0.240 e. The van der Waals surface area contributed by atoms with E-state index in [2.05, 4.69) is 5.32 Å². The molecule has 1 fully saturated rings. The number of carbonyl (C=O) groups excluding carboxylic acids is 4. The molecular weight excluding hydrogens is 250 g/mol. The average Bonchev–Trinajstić information content (AvgIpc) is 2.52. The molecule has 7 nitrogen and oxygen atoms in total. The molecule has 0 aromatic carbocycles. The molecule has 19 heavy (non-hydrogen) atoms. The van der Waals surface area contributed by atoms with E-state index in [1.54, 1.807) is 20.8 Å². The molecule has 4 amide bonds. The van der Waals surface area contributed by atoms with Crippen molar-refractivity contribution >= 4 is 23.6 Å². The van der Waals surface area contributed by atoms with Crippen molar-refractivity contribution in [3.05, 3.63) is 0 Å². The predicted molar refractivity (Wildman–Crippen MR) is 66.5 cm³/mol. The Balaban J connectivity index is 2.63. The first-order valence-electron chi connectivity index (χ1n) is 6.17. The summed E-state index contributed by atoms with van der Waals surface area (Å²) in [5.74, 6) is -2.49. The summed E-state index contributed by atoms with van der Waals surface area (Å²) in [6, 6.07) is -0.808. The van der Waals surface area contributed by atoms with Crippen LogP contribution in [0.3, 0.4) is 0 Å². The molecule has 1 aliphatic heterocycles. The quantitative estimate of drug-likeness (QED) is 0.624. The van der Waals surface area contributed by atoms with Gasteiger partial charge in [-0.2, -0.15) is 0 Å². The molecule has 0 aromatic heterocycles. The lowest BCUT2D eigenvalue weighted by Crippen LogP contribution is -2.51. The van der Waals surface area contributed by atoms with E-state index in [0.29, 0.717) is 0 Å². The lowest BCUT2D eigenvalue weighted by molar-refractivity contribution is -0.143. The minimum Gasteiger partial charge on any atom is -0.368 e. The number of likely N-dealkylation sites (tertiary alicyclic amines) is 1. The topological polar surface area (TPSA) is 110 Å². The summed E-state index contributed by atoms with van der Waals surface area (Å²) >= 11 is 0. The molecule has 1 rings (SSSR count). The van der Waals surface area contributed by atoms with Crippen LogP contribution in [0.25, 0.3) is 0 Å². The van der Waals surface area contributed by atoms with Gasteiger partial charge in [0.05, 0.1) is 0 Å². The summed E-state index contributed by atoms with van der Waals surface area (Å²) in [7, 11) is 0. The number of rotatable bonds is 5. The highest BCUT2D eigenvalue weighted by molar-refractivity contribution is 6.05. The van der Waals surface area contributed by atoms with Crippen molar-refractivity contribution in [1.29, 1.82) is 0 Å². The van der Waals surface area contributed by atoms with E-state index in [0.717, 1.165) is 4.90 Å². The third-order valence-corrected chi connectivity index (χ3v) is 3.06. The maximum absolute atomic E-state index is 11.8. The molecule has 0 aliphatic carbocycles. The number of amides is 4. The van der Waals surface area contributed by atoms with Crippen LogP contribution in [0.2, 0.25) is 0 Å². The molecule has 0 bridgehead atoms. The highest BCUT2D eigenvalue weighted by Gasteiger charge is 2.37. The van der Waals surface area contributed by atoms with Crippen LogP contribution in [0.1, 0.15) is 27.2 Å². The van der Waals surface area contributed by atoms with Crippen molar-refractivity contribution in [3.8, 4) is 0 Å². The molecule has 0 aromatic rings. The summed E-state index contributed by atoms with van der Waals surface area (Å²) < 4.78 is 0. The van der Waals surface area contributed by atoms with E-state index in [9.17, 15) is 19.2 Å². The Morgan fingerprint density at radius 3 is 2.37 bits per heavy atom. The molecule has 0 spiro atoms. The summed E-state index contributed by atoms with van der Waals surface area (Å²) in [4.78, 5) is 47.0. The molecule has 0 radical (unpaired) electrons. The van der Waals surface area contributed by atoms with Crippen molar-refractivity contribution in [3.63, 3.8) is 0 Å². The van der Waals surface area contributed by atoms with Gasteiger partial charge in [-0.1, -0.05) is 20.8 Å². The van der Waals surface area contributed by atoms with Crippen LogP contribution in [-0.2, 0) is 19.2 Å². The Labute approximate surface area is 111 Å². The fraction of sp³-hybridized carbons (Fsp3) is 0.667. The number of nitrogens with one attached hydrogen (secondary N) is 1. The van der Waals surface area contributed by atoms with E-state index >= 15 is 0 Å². The zero-order valence-corrected chi connectivity index (χ0v) is 11.3. The number of primary amides is 1. The van der Waals surface area contributed by atoms with Gasteiger partial charge in [-0.15, -0.1) is 0 Å². The van der Waals surface area contributed by atoms with Gasteiger partial charge in [-0.3, -0.25) is 24.1 Å². The minimum atomic E-state index is -0.808. The van der Waals surface area contributed by atoms with Gasteiger partial charge in [0.25, 0.3) is 0 Å². The fourth-order valence-electron chi connectivity index (χ4n) is 1.94. The molecule has 1 aliphatic rings. The largest absolute Gasteiger partial charge is 0.368 e. The van der Waals surface area contributed by atoms with Gasteiger partial charge >= 0.3 is 0 Å². The number of hydrogen-bond donors (Lipinski definition) is 2. The van der Waals surface area contributed by atoms with Crippen LogP contribution >= 0.6 is 0 Å². The highest BCUT2D eigenvalue weighted by Crippen LogP contribution is 2.18. The number of imide groups is 1. The monoisotopic (exact) mass is 269 g/mol. The van der Waals surface area contributed by atoms with Gasteiger partial charge in [0, 0.05) is 12.3 Å². The van der Waals surface area contributed by atoms with Gasteiger partial charge in [0.2, 0.25) is 23.6 Å². The second-order valence-corrected chi connectivity index (χ2v) is 5.11. The van der Waals surface area contributed by atoms with E-state index in [4.69, 9.17) is 5.73 Å².